The second-order valence-electron chi connectivity index (χ2n) is 5.67. The lowest BCUT2D eigenvalue weighted by atomic mass is 9.99. The molecule has 1 atom stereocenters. The van der Waals surface area contributed by atoms with Crippen molar-refractivity contribution in [2.75, 3.05) is 0 Å². The van der Waals surface area contributed by atoms with E-state index in [0.29, 0.717) is 17.1 Å². The number of aryl methyl sites for hydroxylation is 2. The number of rotatable bonds is 3. The zero-order valence-electron chi connectivity index (χ0n) is 13.3. The van der Waals surface area contributed by atoms with Crippen molar-refractivity contribution in [3.63, 3.8) is 0 Å². The van der Waals surface area contributed by atoms with Crippen molar-refractivity contribution in [1.29, 1.82) is 0 Å². The molecule has 0 fully saturated rings. The fraction of sp³-hybridized carbons (Fsp3) is 0.211. The van der Waals surface area contributed by atoms with E-state index in [4.69, 9.17) is 4.42 Å². The SMILES string of the molecule is Cc1oc(C)c(C(=O)NC(C)c2cccc3ccccc23)c1Br. The molecule has 3 nitrogen and oxygen atoms in total. The average Bonchev–Trinajstić information content (AvgIpc) is 2.79. The first-order chi connectivity index (χ1) is 11.0. The molecule has 0 spiro atoms. The molecule has 0 saturated carbocycles. The van der Waals surface area contributed by atoms with Gasteiger partial charge in [0.25, 0.3) is 5.91 Å². The number of furan rings is 1. The van der Waals surface area contributed by atoms with Gasteiger partial charge in [-0.25, -0.2) is 0 Å². The molecule has 23 heavy (non-hydrogen) atoms. The van der Waals surface area contributed by atoms with Gasteiger partial charge in [0.15, 0.2) is 0 Å². The van der Waals surface area contributed by atoms with Crippen LogP contribution in [0.5, 0.6) is 0 Å². The van der Waals surface area contributed by atoms with Crippen molar-refractivity contribution in [2.45, 2.75) is 26.8 Å². The molecule has 1 heterocycles. The second kappa shape index (κ2) is 6.20. The van der Waals surface area contributed by atoms with Crippen molar-refractivity contribution in [1.82, 2.24) is 5.32 Å². The lowest BCUT2D eigenvalue weighted by molar-refractivity contribution is 0.0938. The number of nitrogens with one attached hydrogen (secondary N) is 1. The quantitative estimate of drug-likeness (QED) is 0.678. The maximum Gasteiger partial charge on any atom is 0.256 e. The molecule has 0 radical (unpaired) electrons. The molecule has 0 aliphatic rings. The summed E-state index contributed by atoms with van der Waals surface area (Å²) in [5.41, 5.74) is 1.67. The monoisotopic (exact) mass is 371 g/mol. The molecule has 3 aromatic rings. The Balaban J connectivity index is 1.92. The van der Waals surface area contributed by atoms with Crippen molar-refractivity contribution in [3.05, 3.63) is 69.6 Å². The van der Waals surface area contributed by atoms with Crippen LogP contribution < -0.4 is 5.32 Å². The Bertz CT molecular complexity index is 877. The lowest BCUT2D eigenvalue weighted by Crippen LogP contribution is -2.27. The Hall–Kier alpha value is -2.07. The molecule has 1 aromatic heterocycles. The van der Waals surface area contributed by atoms with Gasteiger partial charge < -0.3 is 9.73 Å². The number of carbonyl (C=O) groups is 1. The van der Waals surface area contributed by atoms with E-state index in [1.165, 1.54) is 5.39 Å². The van der Waals surface area contributed by atoms with E-state index in [0.717, 1.165) is 15.4 Å². The Morgan fingerprint density at radius 1 is 1.09 bits per heavy atom. The second-order valence-corrected chi connectivity index (χ2v) is 6.46. The van der Waals surface area contributed by atoms with Gasteiger partial charge in [-0.1, -0.05) is 42.5 Å². The highest BCUT2D eigenvalue weighted by Gasteiger charge is 2.21. The van der Waals surface area contributed by atoms with Crippen LogP contribution >= 0.6 is 15.9 Å². The first-order valence-electron chi connectivity index (χ1n) is 7.53. The minimum Gasteiger partial charge on any atom is -0.465 e. The van der Waals surface area contributed by atoms with E-state index in [-0.39, 0.29) is 11.9 Å². The van der Waals surface area contributed by atoms with Gasteiger partial charge in [-0.2, -0.15) is 0 Å². The Labute approximate surface area is 143 Å². The van der Waals surface area contributed by atoms with Crippen molar-refractivity contribution < 1.29 is 9.21 Å². The van der Waals surface area contributed by atoms with Gasteiger partial charge in [-0.15, -0.1) is 0 Å². The standard InChI is InChI=1S/C19H18BrNO2/c1-11(15-10-6-8-14-7-4-5-9-16(14)15)21-19(22)17-12(2)23-13(3)18(17)20/h4-11H,1-3H3,(H,21,22). The van der Waals surface area contributed by atoms with Gasteiger partial charge in [0.2, 0.25) is 0 Å². The van der Waals surface area contributed by atoms with E-state index in [1.54, 1.807) is 6.92 Å². The summed E-state index contributed by atoms with van der Waals surface area (Å²) in [6.45, 7) is 5.63. The molecule has 118 valence electrons. The third-order valence-corrected chi connectivity index (χ3v) is 5.01. The van der Waals surface area contributed by atoms with E-state index in [2.05, 4.69) is 45.5 Å². The van der Waals surface area contributed by atoms with Crippen LogP contribution in [0.1, 0.15) is 40.4 Å². The van der Waals surface area contributed by atoms with Crippen LogP contribution in [0, 0.1) is 13.8 Å². The summed E-state index contributed by atoms with van der Waals surface area (Å²) < 4.78 is 6.24. The molecule has 4 heteroatoms. The van der Waals surface area contributed by atoms with Crippen LogP contribution in [0.3, 0.4) is 0 Å². The molecule has 2 aromatic carbocycles. The number of benzene rings is 2. The molecular formula is C19H18BrNO2. The fourth-order valence-corrected chi connectivity index (χ4v) is 3.43. The highest BCUT2D eigenvalue weighted by Crippen LogP contribution is 2.29. The van der Waals surface area contributed by atoms with Crippen LogP contribution in [0.2, 0.25) is 0 Å². The van der Waals surface area contributed by atoms with Gasteiger partial charge in [-0.3, -0.25) is 4.79 Å². The van der Waals surface area contributed by atoms with Gasteiger partial charge >= 0.3 is 0 Å². The number of halogens is 1. The maximum atomic E-state index is 12.6. The smallest absolute Gasteiger partial charge is 0.256 e. The topological polar surface area (TPSA) is 42.2 Å². The van der Waals surface area contributed by atoms with Crippen molar-refractivity contribution >= 4 is 32.6 Å². The largest absolute Gasteiger partial charge is 0.465 e. The van der Waals surface area contributed by atoms with Crippen LogP contribution in [-0.2, 0) is 0 Å². The third kappa shape index (κ3) is 2.91. The predicted octanol–water partition coefficient (Wildman–Crippen LogP) is 5.30. The number of hydrogen-bond donors (Lipinski definition) is 1. The zero-order valence-corrected chi connectivity index (χ0v) is 14.9. The van der Waals surface area contributed by atoms with Gasteiger partial charge in [0.05, 0.1) is 16.1 Å². The summed E-state index contributed by atoms with van der Waals surface area (Å²) in [6, 6.07) is 14.2. The summed E-state index contributed by atoms with van der Waals surface area (Å²) in [4.78, 5) is 12.6. The molecule has 1 N–H and O–H groups in total. The third-order valence-electron chi connectivity index (χ3n) is 4.05. The molecule has 3 rings (SSSR count). The Morgan fingerprint density at radius 3 is 2.48 bits per heavy atom. The van der Waals surface area contributed by atoms with E-state index in [9.17, 15) is 4.79 Å². The molecule has 0 aliphatic carbocycles. The normalized spacial score (nSPS) is 12.3. The number of hydrogen-bond acceptors (Lipinski definition) is 2. The average molecular weight is 372 g/mol. The zero-order chi connectivity index (χ0) is 16.6. The highest BCUT2D eigenvalue weighted by atomic mass is 79.9. The molecule has 0 aliphatic heterocycles. The first kappa shape index (κ1) is 15.8. The number of carbonyl (C=O) groups excluding carboxylic acids is 1. The van der Waals surface area contributed by atoms with Gasteiger partial charge in [0.1, 0.15) is 11.5 Å². The van der Waals surface area contributed by atoms with Crippen molar-refractivity contribution in [3.8, 4) is 0 Å². The van der Waals surface area contributed by atoms with Crippen LogP contribution in [-0.4, -0.2) is 5.91 Å². The van der Waals surface area contributed by atoms with Crippen LogP contribution in [0.4, 0.5) is 0 Å². The van der Waals surface area contributed by atoms with Crippen molar-refractivity contribution in [2.24, 2.45) is 0 Å². The summed E-state index contributed by atoms with van der Waals surface area (Å²) >= 11 is 3.43. The lowest BCUT2D eigenvalue weighted by Gasteiger charge is -2.16. The Morgan fingerprint density at radius 2 is 1.78 bits per heavy atom. The fourth-order valence-electron chi connectivity index (χ4n) is 2.89. The molecule has 1 amide bonds. The molecule has 0 bridgehead atoms. The first-order valence-corrected chi connectivity index (χ1v) is 8.32. The number of amides is 1. The molecular weight excluding hydrogens is 354 g/mol. The van der Waals surface area contributed by atoms with Crippen LogP contribution in [0.15, 0.2) is 51.4 Å². The maximum absolute atomic E-state index is 12.6. The minimum atomic E-state index is -0.133. The van der Waals surface area contributed by atoms with E-state index >= 15 is 0 Å². The van der Waals surface area contributed by atoms with Crippen LogP contribution in [0.25, 0.3) is 10.8 Å². The minimum absolute atomic E-state index is 0.102. The Kier molecular flexibility index (Phi) is 4.26. The highest BCUT2D eigenvalue weighted by molar-refractivity contribution is 9.10. The summed E-state index contributed by atoms with van der Waals surface area (Å²) in [5, 5.41) is 5.39. The van der Waals surface area contributed by atoms with Gasteiger partial charge in [0, 0.05) is 0 Å². The summed E-state index contributed by atoms with van der Waals surface area (Å²) in [7, 11) is 0. The number of fused-ring (bicyclic) bond motifs is 1. The summed E-state index contributed by atoms with van der Waals surface area (Å²) in [6.07, 6.45) is 0. The van der Waals surface area contributed by atoms with E-state index in [1.807, 2.05) is 32.0 Å². The predicted molar refractivity (Wildman–Crippen MR) is 95.7 cm³/mol. The summed E-state index contributed by atoms with van der Waals surface area (Å²) in [5.74, 6) is 1.20. The molecule has 1 unspecified atom stereocenters. The molecule has 0 saturated heterocycles. The van der Waals surface area contributed by atoms with Gasteiger partial charge in [-0.05, 0) is 53.0 Å². The van der Waals surface area contributed by atoms with E-state index < -0.39 is 0 Å².